The van der Waals surface area contributed by atoms with Crippen LogP contribution in [0.4, 0.5) is 10.1 Å². The van der Waals surface area contributed by atoms with Crippen molar-refractivity contribution < 1.29 is 4.39 Å². The summed E-state index contributed by atoms with van der Waals surface area (Å²) in [5.41, 5.74) is 7.42. The van der Waals surface area contributed by atoms with Crippen LogP contribution in [0.2, 0.25) is 0 Å². The molecular formula is C14H21FN2. The second kappa shape index (κ2) is 6.01. The van der Waals surface area contributed by atoms with Crippen molar-refractivity contribution in [1.29, 1.82) is 0 Å². The molecule has 2 nitrogen and oxygen atoms in total. The smallest absolute Gasteiger partial charge is 0.128 e. The van der Waals surface area contributed by atoms with Crippen LogP contribution in [-0.4, -0.2) is 19.6 Å². The van der Waals surface area contributed by atoms with Crippen molar-refractivity contribution in [3.63, 3.8) is 0 Å². The number of rotatable bonds is 3. The van der Waals surface area contributed by atoms with Gasteiger partial charge in [0.15, 0.2) is 0 Å². The number of anilines is 1. The molecule has 17 heavy (non-hydrogen) atoms. The Bertz CT molecular complexity index is 357. The number of nitrogens with two attached hydrogens (primary N) is 1. The number of nitrogens with zero attached hydrogens (tertiary/aromatic N) is 1. The number of halogens is 1. The van der Waals surface area contributed by atoms with E-state index in [0.717, 1.165) is 24.3 Å². The maximum Gasteiger partial charge on any atom is 0.128 e. The van der Waals surface area contributed by atoms with Gasteiger partial charge in [-0.1, -0.05) is 18.9 Å². The molecule has 1 aliphatic heterocycles. The summed E-state index contributed by atoms with van der Waals surface area (Å²) in [4.78, 5) is 2.32. The highest BCUT2D eigenvalue weighted by atomic mass is 19.1. The second-order valence-electron chi connectivity index (χ2n) is 4.68. The highest BCUT2D eigenvalue weighted by molar-refractivity contribution is 5.54. The average molecular weight is 236 g/mol. The third-order valence-corrected chi connectivity index (χ3v) is 3.44. The Kier molecular flexibility index (Phi) is 4.37. The van der Waals surface area contributed by atoms with Crippen molar-refractivity contribution in [3.05, 3.63) is 29.6 Å². The molecule has 1 aromatic rings. The van der Waals surface area contributed by atoms with E-state index in [1.807, 2.05) is 6.07 Å². The van der Waals surface area contributed by atoms with Gasteiger partial charge in [-0.25, -0.2) is 4.39 Å². The van der Waals surface area contributed by atoms with Gasteiger partial charge in [0, 0.05) is 24.3 Å². The summed E-state index contributed by atoms with van der Waals surface area (Å²) in [5, 5.41) is 0. The topological polar surface area (TPSA) is 29.3 Å². The van der Waals surface area contributed by atoms with Crippen molar-refractivity contribution in [1.82, 2.24) is 0 Å². The fourth-order valence-corrected chi connectivity index (χ4v) is 2.55. The van der Waals surface area contributed by atoms with Gasteiger partial charge < -0.3 is 10.6 Å². The fourth-order valence-electron chi connectivity index (χ4n) is 2.55. The predicted molar refractivity (Wildman–Crippen MR) is 69.8 cm³/mol. The molecule has 1 aromatic carbocycles. The second-order valence-corrected chi connectivity index (χ2v) is 4.68. The van der Waals surface area contributed by atoms with Gasteiger partial charge in [-0.3, -0.25) is 0 Å². The normalized spacial score (nSPS) is 16.9. The zero-order valence-electron chi connectivity index (χ0n) is 10.3. The molecule has 0 spiro atoms. The summed E-state index contributed by atoms with van der Waals surface area (Å²) in [6, 6.07) is 5.36. The minimum absolute atomic E-state index is 0.114. The van der Waals surface area contributed by atoms with Crippen LogP contribution in [0.15, 0.2) is 18.2 Å². The summed E-state index contributed by atoms with van der Waals surface area (Å²) >= 11 is 0. The van der Waals surface area contributed by atoms with Gasteiger partial charge in [0.05, 0.1) is 0 Å². The van der Waals surface area contributed by atoms with Crippen molar-refractivity contribution >= 4 is 5.69 Å². The van der Waals surface area contributed by atoms with Crippen molar-refractivity contribution in [2.24, 2.45) is 5.73 Å². The number of hydrogen-bond acceptors (Lipinski definition) is 2. The lowest BCUT2D eigenvalue weighted by Crippen LogP contribution is -2.26. The quantitative estimate of drug-likeness (QED) is 0.874. The van der Waals surface area contributed by atoms with Gasteiger partial charge in [0.2, 0.25) is 0 Å². The van der Waals surface area contributed by atoms with E-state index >= 15 is 0 Å². The monoisotopic (exact) mass is 236 g/mol. The Labute approximate surface area is 103 Å². The van der Waals surface area contributed by atoms with Gasteiger partial charge >= 0.3 is 0 Å². The first-order valence-corrected chi connectivity index (χ1v) is 6.55. The third-order valence-electron chi connectivity index (χ3n) is 3.44. The molecule has 0 aromatic heterocycles. The molecule has 1 aliphatic rings. The lowest BCUT2D eigenvalue weighted by Gasteiger charge is -2.25. The Morgan fingerprint density at radius 2 is 1.82 bits per heavy atom. The van der Waals surface area contributed by atoms with Crippen LogP contribution < -0.4 is 10.6 Å². The molecule has 1 heterocycles. The standard InChI is InChI=1S/C14H21FN2/c15-13-6-5-7-14(12(13)8-9-16)17-10-3-1-2-4-11-17/h5-7H,1-4,8-11,16H2. The maximum atomic E-state index is 13.8. The van der Waals surface area contributed by atoms with Crippen LogP contribution in [0, 0.1) is 5.82 Å². The zero-order valence-corrected chi connectivity index (χ0v) is 10.3. The van der Waals surface area contributed by atoms with Crippen LogP contribution in [0.3, 0.4) is 0 Å². The molecule has 0 radical (unpaired) electrons. The van der Waals surface area contributed by atoms with E-state index in [4.69, 9.17) is 5.73 Å². The fraction of sp³-hybridized carbons (Fsp3) is 0.571. The maximum absolute atomic E-state index is 13.8. The average Bonchev–Trinajstić information content (AvgIpc) is 2.60. The summed E-state index contributed by atoms with van der Waals surface area (Å²) in [6.45, 7) is 2.59. The van der Waals surface area contributed by atoms with Gasteiger partial charge in [0.1, 0.15) is 5.82 Å². The van der Waals surface area contributed by atoms with E-state index in [2.05, 4.69) is 4.90 Å². The molecule has 1 saturated heterocycles. The first kappa shape index (κ1) is 12.4. The summed E-state index contributed by atoms with van der Waals surface area (Å²) < 4.78 is 13.8. The summed E-state index contributed by atoms with van der Waals surface area (Å²) in [7, 11) is 0. The minimum atomic E-state index is -0.114. The molecule has 0 saturated carbocycles. The van der Waals surface area contributed by atoms with Crippen molar-refractivity contribution in [3.8, 4) is 0 Å². The minimum Gasteiger partial charge on any atom is -0.371 e. The van der Waals surface area contributed by atoms with Crippen LogP contribution in [0.5, 0.6) is 0 Å². The van der Waals surface area contributed by atoms with E-state index in [1.165, 1.54) is 31.7 Å². The molecule has 2 N–H and O–H groups in total. The van der Waals surface area contributed by atoms with E-state index in [-0.39, 0.29) is 5.82 Å². The number of benzene rings is 1. The van der Waals surface area contributed by atoms with Gasteiger partial charge in [-0.15, -0.1) is 0 Å². The van der Waals surface area contributed by atoms with Crippen LogP contribution in [0.25, 0.3) is 0 Å². The van der Waals surface area contributed by atoms with Crippen molar-refractivity contribution in [2.45, 2.75) is 32.1 Å². The Morgan fingerprint density at radius 1 is 1.12 bits per heavy atom. The van der Waals surface area contributed by atoms with Crippen LogP contribution in [-0.2, 0) is 6.42 Å². The molecule has 3 heteroatoms. The Balaban J connectivity index is 2.25. The first-order chi connectivity index (χ1) is 8.33. The van der Waals surface area contributed by atoms with Crippen LogP contribution >= 0.6 is 0 Å². The molecule has 0 atom stereocenters. The SMILES string of the molecule is NCCc1c(F)cccc1N1CCCCCC1. The van der Waals surface area contributed by atoms with Gasteiger partial charge in [0.25, 0.3) is 0 Å². The van der Waals surface area contributed by atoms with Gasteiger partial charge in [-0.2, -0.15) is 0 Å². The Morgan fingerprint density at radius 3 is 2.47 bits per heavy atom. The van der Waals surface area contributed by atoms with E-state index < -0.39 is 0 Å². The third kappa shape index (κ3) is 2.97. The molecular weight excluding hydrogens is 215 g/mol. The first-order valence-electron chi connectivity index (χ1n) is 6.55. The van der Waals surface area contributed by atoms with Gasteiger partial charge in [-0.05, 0) is 37.9 Å². The lowest BCUT2D eigenvalue weighted by atomic mass is 10.1. The van der Waals surface area contributed by atoms with Crippen LogP contribution in [0.1, 0.15) is 31.2 Å². The highest BCUT2D eigenvalue weighted by Gasteiger charge is 2.15. The molecule has 0 unspecified atom stereocenters. The lowest BCUT2D eigenvalue weighted by molar-refractivity contribution is 0.607. The molecule has 2 rings (SSSR count). The highest BCUT2D eigenvalue weighted by Crippen LogP contribution is 2.26. The van der Waals surface area contributed by atoms with E-state index in [9.17, 15) is 4.39 Å². The van der Waals surface area contributed by atoms with E-state index in [1.54, 1.807) is 6.07 Å². The zero-order chi connectivity index (χ0) is 12.1. The largest absolute Gasteiger partial charge is 0.371 e. The van der Waals surface area contributed by atoms with E-state index in [0.29, 0.717) is 13.0 Å². The molecule has 0 aliphatic carbocycles. The predicted octanol–water partition coefficient (Wildman–Crippen LogP) is 2.71. The molecule has 1 fully saturated rings. The summed E-state index contributed by atoms with van der Waals surface area (Å²) in [6.07, 6.45) is 5.62. The Hall–Kier alpha value is -1.09. The number of hydrogen-bond donors (Lipinski definition) is 1. The van der Waals surface area contributed by atoms with Crippen molar-refractivity contribution in [2.75, 3.05) is 24.5 Å². The molecule has 94 valence electrons. The summed E-state index contributed by atoms with van der Waals surface area (Å²) in [5.74, 6) is -0.114. The molecule has 0 bridgehead atoms. The molecule has 0 amide bonds.